The molecular formula is C14H20ClNO2. The average molecular weight is 270 g/mol. The normalized spacial score (nSPS) is 16.8. The van der Waals surface area contributed by atoms with Gasteiger partial charge in [0, 0.05) is 37.5 Å². The fourth-order valence-electron chi connectivity index (χ4n) is 2.32. The smallest absolute Gasteiger partial charge is 0.0696 e. The van der Waals surface area contributed by atoms with Crippen molar-refractivity contribution in [1.29, 1.82) is 0 Å². The highest BCUT2D eigenvalue weighted by Crippen LogP contribution is 2.25. The molecule has 100 valence electrons. The molecule has 4 heteroatoms. The maximum Gasteiger partial charge on any atom is 0.0696 e. The van der Waals surface area contributed by atoms with E-state index in [0.29, 0.717) is 10.9 Å². The van der Waals surface area contributed by atoms with E-state index in [1.54, 1.807) is 0 Å². The van der Waals surface area contributed by atoms with Crippen molar-refractivity contribution in [3.63, 3.8) is 0 Å². The van der Waals surface area contributed by atoms with E-state index in [2.05, 4.69) is 11.9 Å². The summed E-state index contributed by atoms with van der Waals surface area (Å²) in [7, 11) is 2.08. The Bertz CT molecular complexity index is 391. The zero-order valence-corrected chi connectivity index (χ0v) is 11.5. The standard InChI is InChI=1S/C14H20ClNO2/c1-16(9-11-4-6-18-7-5-11)13-3-2-12(10-17)14(15)8-13/h2-3,8,11,17H,4-7,9-10H2,1H3. The van der Waals surface area contributed by atoms with Crippen molar-refractivity contribution >= 4 is 17.3 Å². The van der Waals surface area contributed by atoms with Gasteiger partial charge in [-0.3, -0.25) is 0 Å². The van der Waals surface area contributed by atoms with Gasteiger partial charge in [0.2, 0.25) is 0 Å². The summed E-state index contributed by atoms with van der Waals surface area (Å²) in [5.74, 6) is 0.694. The van der Waals surface area contributed by atoms with Crippen molar-refractivity contribution in [1.82, 2.24) is 0 Å². The topological polar surface area (TPSA) is 32.7 Å². The number of benzene rings is 1. The fraction of sp³-hybridized carbons (Fsp3) is 0.571. The molecule has 0 atom stereocenters. The molecule has 1 N–H and O–H groups in total. The molecule has 3 nitrogen and oxygen atoms in total. The van der Waals surface area contributed by atoms with Crippen LogP contribution in [0.15, 0.2) is 18.2 Å². The fourth-order valence-corrected chi connectivity index (χ4v) is 2.56. The van der Waals surface area contributed by atoms with Crippen LogP contribution in [0.4, 0.5) is 5.69 Å². The third-order valence-electron chi connectivity index (χ3n) is 3.52. The lowest BCUT2D eigenvalue weighted by atomic mass is 9.99. The Hall–Kier alpha value is -0.770. The van der Waals surface area contributed by atoms with Crippen molar-refractivity contribution in [2.75, 3.05) is 31.7 Å². The van der Waals surface area contributed by atoms with Crippen LogP contribution >= 0.6 is 11.6 Å². The predicted molar refractivity (Wildman–Crippen MR) is 74.2 cm³/mol. The average Bonchev–Trinajstić information content (AvgIpc) is 2.39. The zero-order valence-electron chi connectivity index (χ0n) is 10.7. The number of ether oxygens (including phenoxy) is 1. The van der Waals surface area contributed by atoms with E-state index in [4.69, 9.17) is 21.4 Å². The number of hydrogen-bond donors (Lipinski definition) is 1. The Balaban J connectivity index is 1.99. The van der Waals surface area contributed by atoms with Crippen LogP contribution in [0.25, 0.3) is 0 Å². The Morgan fingerprint density at radius 2 is 2.11 bits per heavy atom. The van der Waals surface area contributed by atoms with Crippen molar-refractivity contribution in [2.45, 2.75) is 19.4 Å². The van der Waals surface area contributed by atoms with Crippen molar-refractivity contribution in [2.24, 2.45) is 5.92 Å². The highest BCUT2D eigenvalue weighted by Gasteiger charge is 2.16. The molecule has 0 bridgehead atoms. The molecule has 1 heterocycles. The molecule has 0 aromatic heterocycles. The van der Waals surface area contributed by atoms with Gasteiger partial charge in [-0.1, -0.05) is 17.7 Å². The summed E-state index contributed by atoms with van der Waals surface area (Å²) in [4.78, 5) is 2.23. The lowest BCUT2D eigenvalue weighted by molar-refractivity contribution is 0.0685. The van der Waals surface area contributed by atoms with Crippen LogP contribution in [0.3, 0.4) is 0 Å². The summed E-state index contributed by atoms with van der Waals surface area (Å²) in [6.07, 6.45) is 2.26. The van der Waals surface area contributed by atoms with Gasteiger partial charge in [0.1, 0.15) is 0 Å². The van der Waals surface area contributed by atoms with Crippen LogP contribution in [-0.2, 0) is 11.3 Å². The van der Waals surface area contributed by atoms with Crippen LogP contribution < -0.4 is 4.90 Å². The summed E-state index contributed by atoms with van der Waals surface area (Å²) < 4.78 is 5.37. The molecule has 0 saturated carbocycles. The minimum Gasteiger partial charge on any atom is -0.392 e. The van der Waals surface area contributed by atoms with E-state index >= 15 is 0 Å². The third-order valence-corrected chi connectivity index (χ3v) is 3.87. The molecule has 0 amide bonds. The lowest BCUT2D eigenvalue weighted by Gasteiger charge is -2.28. The minimum absolute atomic E-state index is 0.0111. The summed E-state index contributed by atoms with van der Waals surface area (Å²) in [6.45, 7) is 2.77. The molecule has 2 rings (SSSR count). The highest BCUT2D eigenvalue weighted by atomic mass is 35.5. The Morgan fingerprint density at radius 3 is 2.72 bits per heavy atom. The third kappa shape index (κ3) is 3.37. The first kappa shape index (κ1) is 13.7. The van der Waals surface area contributed by atoms with Crippen LogP contribution in [0.1, 0.15) is 18.4 Å². The molecule has 0 radical (unpaired) electrons. The lowest BCUT2D eigenvalue weighted by Crippen LogP contribution is -2.29. The number of rotatable bonds is 4. The van der Waals surface area contributed by atoms with Gasteiger partial charge in [0.15, 0.2) is 0 Å². The maximum atomic E-state index is 9.10. The summed E-state index contributed by atoms with van der Waals surface area (Å²) in [5, 5.41) is 9.73. The number of anilines is 1. The molecule has 1 aromatic carbocycles. The van der Waals surface area contributed by atoms with E-state index in [0.717, 1.165) is 43.9 Å². The van der Waals surface area contributed by atoms with Crippen LogP contribution in [0, 0.1) is 5.92 Å². The molecular weight excluding hydrogens is 250 g/mol. The maximum absolute atomic E-state index is 9.10. The molecule has 1 aliphatic rings. The zero-order chi connectivity index (χ0) is 13.0. The molecule has 0 spiro atoms. The summed E-state index contributed by atoms with van der Waals surface area (Å²) in [5.41, 5.74) is 1.88. The SMILES string of the molecule is CN(CC1CCOCC1)c1ccc(CO)c(Cl)c1. The van der Waals surface area contributed by atoms with Crippen molar-refractivity contribution < 1.29 is 9.84 Å². The first-order chi connectivity index (χ1) is 8.70. The highest BCUT2D eigenvalue weighted by molar-refractivity contribution is 6.31. The van der Waals surface area contributed by atoms with E-state index in [1.807, 2.05) is 18.2 Å². The van der Waals surface area contributed by atoms with Gasteiger partial charge >= 0.3 is 0 Å². The number of aliphatic hydroxyl groups is 1. The quantitative estimate of drug-likeness (QED) is 0.912. The molecule has 0 unspecified atom stereocenters. The molecule has 1 saturated heterocycles. The number of aliphatic hydroxyl groups excluding tert-OH is 1. The second-order valence-corrected chi connectivity index (χ2v) is 5.28. The van der Waals surface area contributed by atoms with Crippen LogP contribution in [0.2, 0.25) is 5.02 Å². The largest absolute Gasteiger partial charge is 0.392 e. The first-order valence-electron chi connectivity index (χ1n) is 6.39. The molecule has 18 heavy (non-hydrogen) atoms. The van der Waals surface area contributed by atoms with Gasteiger partial charge in [0.05, 0.1) is 6.61 Å². The molecule has 1 aliphatic heterocycles. The van der Waals surface area contributed by atoms with Crippen molar-refractivity contribution in [3.05, 3.63) is 28.8 Å². The van der Waals surface area contributed by atoms with E-state index in [9.17, 15) is 0 Å². The van der Waals surface area contributed by atoms with Gasteiger partial charge in [-0.05, 0) is 36.5 Å². The van der Waals surface area contributed by atoms with Crippen LogP contribution in [0.5, 0.6) is 0 Å². The molecule has 0 aliphatic carbocycles. The predicted octanol–water partition coefficient (Wildman–Crippen LogP) is 2.70. The number of halogens is 1. The van der Waals surface area contributed by atoms with E-state index in [1.165, 1.54) is 0 Å². The van der Waals surface area contributed by atoms with Gasteiger partial charge in [-0.2, -0.15) is 0 Å². The van der Waals surface area contributed by atoms with Gasteiger partial charge in [-0.25, -0.2) is 0 Å². The Kier molecular flexibility index (Phi) is 4.87. The second-order valence-electron chi connectivity index (χ2n) is 4.87. The minimum atomic E-state index is -0.0111. The first-order valence-corrected chi connectivity index (χ1v) is 6.76. The van der Waals surface area contributed by atoms with Crippen LogP contribution in [-0.4, -0.2) is 31.9 Å². The summed E-state index contributed by atoms with van der Waals surface area (Å²) in [6, 6.07) is 5.82. The van der Waals surface area contributed by atoms with Gasteiger partial charge in [-0.15, -0.1) is 0 Å². The Labute approximate surface area is 113 Å². The van der Waals surface area contributed by atoms with Gasteiger partial charge < -0.3 is 14.7 Å². The Morgan fingerprint density at radius 1 is 1.39 bits per heavy atom. The van der Waals surface area contributed by atoms with Gasteiger partial charge in [0.25, 0.3) is 0 Å². The molecule has 1 fully saturated rings. The van der Waals surface area contributed by atoms with E-state index in [-0.39, 0.29) is 6.61 Å². The monoisotopic (exact) mass is 269 g/mol. The number of nitrogens with zero attached hydrogens (tertiary/aromatic N) is 1. The van der Waals surface area contributed by atoms with E-state index < -0.39 is 0 Å². The summed E-state index contributed by atoms with van der Waals surface area (Å²) >= 11 is 6.11. The van der Waals surface area contributed by atoms with Crippen molar-refractivity contribution in [3.8, 4) is 0 Å². The number of hydrogen-bond acceptors (Lipinski definition) is 3. The second kappa shape index (κ2) is 6.41. The molecule has 1 aromatic rings.